The van der Waals surface area contributed by atoms with Crippen molar-refractivity contribution in [2.24, 2.45) is 0 Å². The number of nitrogens with one attached hydrogen (secondary N) is 1. The van der Waals surface area contributed by atoms with Crippen molar-refractivity contribution in [1.82, 2.24) is 5.32 Å². The zero-order valence-electron chi connectivity index (χ0n) is 12.0. The molecule has 0 aromatic rings. The SMILES string of the molecule is [B]CCC(C)(C)SSCCNC(=O)OC(C)(C)C. The van der Waals surface area contributed by atoms with Crippen molar-refractivity contribution in [3.8, 4) is 0 Å². The van der Waals surface area contributed by atoms with Gasteiger partial charge in [-0.2, -0.15) is 0 Å². The molecule has 0 spiro atoms. The molecule has 0 fully saturated rings. The molecule has 6 heteroatoms. The highest BCUT2D eigenvalue weighted by Crippen LogP contribution is 2.38. The summed E-state index contributed by atoms with van der Waals surface area (Å²) in [5, 5.41) is 2.74. The highest BCUT2D eigenvalue weighted by molar-refractivity contribution is 8.77. The van der Waals surface area contributed by atoms with Crippen LogP contribution in [0, 0.1) is 0 Å². The molecule has 0 saturated heterocycles. The van der Waals surface area contributed by atoms with E-state index < -0.39 is 5.60 Å². The highest BCUT2D eigenvalue weighted by Gasteiger charge is 2.18. The standard InChI is InChI=1S/C12H24BNO2S2/c1-11(2,3)16-10(15)14-8-9-17-18-12(4,5)6-7-13/h6-9H2,1-5H3,(H,14,15). The average Bonchev–Trinajstić information content (AvgIpc) is 2.13. The highest BCUT2D eigenvalue weighted by atomic mass is 33.1. The van der Waals surface area contributed by atoms with Crippen LogP contribution in [0.3, 0.4) is 0 Å². The lowest BCUT2D eigenvalue weighted by molar-refractivity contribution is 0.0531. The van der Waals surface area contributed by atoms with Crippen molar-refractivity contribution < 1.29 is 9.53 Å². The van der Waals surface area contributed by atoms with E-state index in [0.717, 1.165) is 12.2 Å². The van der Waals surface area contributed by atoms with Crippen molar-refractivity contribution in [3.05, 3.63) is 0 Å². The number of hydrogen-bond acceptors (Lipinski definition) is 4. The maximum absolute atomic E-state index is 11.4. The van der Waals surface area contributed by atoms with Gasteiger partial charge in [-0.25, -0.2) is 4.79 Å². The molecule has 0 bridgehead atoms. The second-order valence-electron chi connectivity index (χ2n) is 5.63. The fraction of sp³-hybridized carbons (Fsp3) is 0.917. The van der Waals surface area contributed by atoms with Gasteiger partial charge in [0.25, 0.3) is 0 Å². The second kappa shape index (κ2) is 8.25. The third-order valence-corrected chi connectivity index (χ3v) is 5.24. The zero-order valence-corrected chi connectivity index (χ0v) is 13.7. The van der Waals surface area contributed by atoms with E-state index >= 15 is 0 Å². The molecule has 1 N–H and O–H groups in total. The summed E-state index contributed by atoms with van der Waals surface area (Å²) in [6.07, 6.45) is 1.34. The van der Waals surface area contributed by atoms with Gasteiger partial charge in [-0.3, -0.25) is 0 Å². The summed E-state index contributed by atoms with van der Waals surface area (Å²) in [6, 6.07) is 0. The first kappa shape index (κ1) is 18.0. The predicted octanol–water partition coefficient (Wildman–Crippen LogP) is 3.65. The van der Waals surface area contributed by atoms with E-state index in [1.165, 1.54) is 0 Å². The molecule has 0 atom stereocenters. The third kappa shape index (κ3) is 11.1. The van der Waals surface area contributed by atoms with Crippen molar-refractivity contribution >= 4 is 35.5 Å². The number of hydrogen-bond donors (Lipinski definition) is 1. The average molecular weight is 289 g/mol. The monoisotopic (exact) mass is 289 g/mol. The lowest BCUT2D eigenvalue weighted by atomic mass is 9.95. The Bertz CT molecular complexity index is 255. The van der Waals surface area contributed by atoms with Gasteiger partial charge in [0.2, 0.25) is 0 Å². The van der Waals surface area contributed by atoms with Gasteiger partial charge in [0.1, 0.15) is 5.60 Å². The topological polar surface area (TPSA) is 38.3 Å². The Hall–Kier alpha value is 0.0349. The minimum absolute atomic E-state index is 0.186. The Morgan fingerprint density at radius 2 is 1.89 bits per heavy atom. The molecule has 0 aliphatic rings. The van der Waals surface area contributed by atoms with Crippen LogP contribution in [0.15, 0.2) is 0 Å². The molecule has 0 aromatic heterocycles. The number of carbonyl (C=O) groups is 1. The molecule has 1 amide bonds. The van der Waals surface area contributed by atoms with Crippen LogP contribution in [-0.2, 0) is 4.74 Å². The smallest absolute Gasteiger partial charge is 0.407 e. The number of ether oxygens (including phenoxy) is 1. The molecule has 0 unspecified atom stereocenters. The fourth-order valence-corrected chi connectivity index (χ4v) is 3.60. The summed E-state index contributed by atoms with van der Waals surface area (Å²) >= 11 is 0. The van der Waals surface area contributed by atoms with Crippen LogP contribution in [0.4, 0.5) is 4.79 Å². The van der Waals surface area contributed by atoms with E-state index in [4.69, 9.17) is 12.6 Å². The van der Waals surface area contributed by atoms with Crippen LogP contribution in [0.25, 0.3) is 0 Å². The van der Waals surface area contributed by atoms with Crippen LogP contribution in [-0.4, -0.2) is 36.6 Å². The fourth-order valence-electron chi connectivity index (χ4n) is 1.10. The van der Waals surface area contributed by atoms with Crippen molar-refractivity contribution in [3.63, 3.8) is 0 Å². The van der Waals surface area contributed by atoms with Gasteiger partial charge >= 0.3 is 6.09 Å². The van der Waals surface area contributed by atoms with Crippen LogP contribution >= 0.6 is 21.6 Å². The molecule has 0 saturated carbocycles. The Morgan fingerprint density at radius 3 is 2.39 bits per heavy atom. The third-order valence-electron chi connectivity index (χ3n) is 1.88. The van der Waals surface area contributed by atoms with E-state index in [1.807, 2.05) is 31.6 Å². The maximum atomic E-state index is 11.4. The summed E-state index contributed by atoms with van der Waals surface area (Å²) in [4.78, 5) is 11.4. The predicted molar refractivity (Wildman–Crippen MR) is 83.5 cm³/mol. The molecule has 0 heterocycles. The molecule has 0 rings (SSSR count). The summed E-state index contributed by atoms with van der Waals surface area (Å²) in [6.45, 7) is 10.5. The number of amides is 1. The van der Waals surface area contributed by atoms with Gasteiger partial charge in [-0.15, -0.1) is 0 Å². The number of alkyl carbamates (subject to hydrolysis) is 1. The molecular weight excluding hydrogens is 265 g/mol. The maximum Gasteiger partial charge on any atom is 0.407 e. The lowest BCUT2D eigenvalue weighted by Crippen LogP contribution is -2.33. The van der Waals surface area contributed by atoms with E-state index in [2.05, 4.69) is 19.2 Å². The molecule has 0 aliphatic carbocycles. The van der Waals surface area contributed by atoms with E-state index in [-0.39, 0.29) is 10.8 Å². The molecule has 0 aromatic carbocycles. The van der Waals surface area contributed by atoms with Crippen molar-refractivity contribution in [1.29, 1.82) is 0 Å². The summed E-state index contributed by atoms with van der Waals surface area (Å²) in [7, 11) is 9.11. The minimum Gasteiger partial charge on any atom is -0.444 e. The van der Waals surface area contributed by atoms with Crippen molar-refractivity contribution in [2.75, 3.05) is 12.3 Å². The minimum atomic E-state index is -0.435. The summed E-state index contributed by atoms with van der Waals surface area (Å²) in [5.74, 6) is 0.859. The van der Waals surface area contributed by atoms with Gasteiger partial charge in [0, 0.05) is 17.0 Å². The Kier molecular flexibility index (Phi) is 8.27. The van der Waals surface area contributed by atoms with Crippen molar-refractivity contribution in [2.45, 2.75) is 57.7 Å². The normalized spacial score (nSPS) is 12.3. The van der Waals surface area contributed by atoms with Gasteiger partial charge in [0.05, 0.1) is 7.85 Å². The van der Waals surface area contributed by atoms with Gasteiger partial charge in [0.15, 0.2) is 0 Å². The number of carbonyl (C=O) groups excluding carboxylic acids is 1. The lowest BCUT2D eigenvalue weighted by Gasteiger charge is -2.22. The van der Waals surface area contributed by atoms with Gasteiger partial charge < -0.3 is 10.1 Å². The Balaban J connectivity index is 3.60. The first-order chi connectivity index (χ1) is 8.16. The molecule has 18 heavy (non-hydrogen) atoms. The van der Waals surface area contributed by atoms with E-state index in [9.17, 15) is 4.79 Å². The first-order valence-electron chi connectivity index (χ1n) is 6.14. The molecule has 104 valence electrons. The van der Waals surface area contributed by atoms with Gasteiger partial charge in [-0.05, 0) is 41.0 Å². The van der Waals surface area contributed by atoms with Gasteiger partial charge in [-0.1, -0.05) is 27.9 Å². The summed E-state index contributed by atoms with van der Waals surface area (Å²) in [5.41, 5.74) is -0.435. The van der Waals surface area contributed by atoms with Crippen LogP contribution < -0.4 is 5.32 Å². The molecule has 3 nitrogen and oxygen atoms in total. The van der Waals surface area contributed by atoms with E-state index in [1.54, 1.807) is 10.8 Å². The largest absolute Gasteiger partial charge is 0.444 e. The molecule has 0 aliphatic heterocycles. The molecular formula is C12H24BNO2S2. The van der Waals surface area contributed by atoms with Crippen LogP contribution in [0.1, 0.15) is 41.0 Å². The zero-order chi connectivity index (χ0) is 14.2. The first-order valence-corrected chi connectivity index (χ1v) is 8.46. The second-order valence-corrected chi connectivity index (χ2v) is 8.76. The van der Waals surface area contributed by atoms with Crippen LogP contribution in [0.2, 0.25) is 6.32 Å². The summed E-state index contributed by atoms with van der Waals surface area (Å²) < 4.78 is 5.33. The Morgan fingerprint density at radius 1 is 1.28 bits per heavy atom. The Labute approximate surface area is 120 Å². The van der Waals surface area contributed by atoms with E-state index in [0.29, 0.717) is 12.9 Å². The molecule has 2 radical (unpaired) electrons. The van der Waals surface area contributed by atoms with Crippen LogP contribution in [0.5, 0.6) is 0 Å². The number of rotatable bonds is 7. The quantitative estimate of drug-likeness (QED) is 0.441.